The predicted octanol–water partition coefficient (Wildman–Crippen LogP) is 3.74. The second-order valence-electron chi connectivity index (χ2n) is 6.39. The Morgan fingerprint density at radius 2 is 1.89 bits per heavy atom. The van der Waals surface area contributed by atoms with Crippen molar-refractivity contribution in [1.29, 1.82) is 0 Å². The summed E-state index contributed by atoms with van der Waals surface area (Å²) in [6.07, 6.45) is 0. The van der Waals surface area contributed by atoms with Crippen LogP contribution in [0.25, 0.3) is 11.0 Å². The van der Waals surface area contributed by atoms with Gasteiger partial charge in [0, 0.05) is 29.9 Å². The van der Waals surface area contributed by atoms with Crippen molar-refractivity contribution in [3.63, 3.8) is 0 Å². The van der Waals surface area contributed by atoms with Gasteiger partial charge in [0.2, 0.25) is 5.91 Å². The topological polar surface area (TPSA) is 69.9 Å². The number of guanidine groups is 1. The van der Waals surface area contributed by atoms with Gasteiger partial charge in [-0.2, -0.15) is 0 Å². The van der Waals surface area contributed by atoms with Gasteiger partial charge in [-0.3, -0.25) is 4.79 Å². The maximum absolute atomic E-state index is 11.9. The quantitative estimate of drug-likeness (QED) is 0.300. The molecule has 1 aromatic carbocycles. The first kappa shape index (κ1) is 22.2. The first-order valence-corrected chi connectivity index (χ1v) is 9.64. The Labute approximate surface area is 186 Å². The average Bonchev–Trinajstić information content (AvgIpc) is 3.29. The number of para-hydroxylation sites is 1. The van der Waals surface area contributed by atoms with Gasteiger partial charge in [0.25, 0.3) is 0 Å². The maximum atomic E-state index is 11.9. The molecule has 0 fully saturated rings. The summed E-state index contributed by atoms with van der Waals surface area (Å²) in [6, 6.07) is 12.1. The Hall–Kier alpha value is -2.07. The van der Waals surface area contributed by atoms with E-state index in [2.05, 4.69) is 27.8 Å². The van der Waals surface area contributed by atoms with E-state index in [0.29, 0.717) is 19.0 Å². The third kappa shape index (κ3) is 5.71. The fourth-order valence-corrected chi connectivity index (χ4v) is 3.25. The Morgan fingerprint density at radius 3 is 2.57 bits per heavy atom. The Bertz CT molecular complexity index is 935. The molecule has 28 heavy (non-hydrogen) atoms. The molecule has 0 radical (unpaired) electrons. The minimum atomic E-state index is -0.0489. The van der Waals surface area contributed by atoms with E-state index < -0.39 is 0 Å². The van der Waals surface area contributed by atoms with Gasteiger partial charge in [0.05, 0.1) is 13.1 Å². The summed E-state index contributed by atoms with van der Waals surface area (Å²) in [7, 11) is 3.45. The van der Waals surface area contributed by atoms with Crippen molar-refractivity contribution in [1.82, 2.24) is 15.5 Å². The fourth-order valence-electron chi connectivity index (χ4n) is 2.60. The third-order valence-electron chi connectivity index (χ3n) is 4.24. The van der Waals surface area contributed by atoms with Crippen LogP contribution in [0.5, 0.6) is 0 Å². The summed E-state index contributed by atoms with van der Waals surface area (Å²) >= 11 is 1.68. The summed E-state index contributed by atoms with van der Waals surface area (Å²) in [4.78, 5) is 19.0. The zero-order valence-electron chi connectivity index (χ0n) is 16.2. The first-order valence-electron chi connectivity index (χ1n) is 8.76. The average molecular weight is 512 g/mol. The number of thiophene rings is 1. The highest BCUT2D eigenvalue weighted by atomic mass is 127. The first-order chi connectivity index (χ1) is 13.0. The van der Waals surface area contributed by atoms with Crippen LogP contribution in [-0.2, 0) is 17.9 Å². The Balaban J connectivity index is 0.00000280. The summed E-state index contributed by atoms with van der Waals surface area (Å²) in [5.74, 6) is 1.39. The summed E-state index contributed by atoms with van der Waals surface area (Å²) in [5, 5.41) is 9.70. The molecule has 0 aliphatic rings. The van der Waals surface area contributed by atoms with Crippen molar-refractivity contribution in [2.24, 2.45) is 4.99 Å². The monoisotopic (exact) mass is 512 g/mol. The number of amides is 1. The van der Waals surface area contributed by atoms with Gasteiger partial charge in [-0.1, -0.05) is 24.3 Å². The summed E-state index contributed by atoms with van der Waals surface area (Å²) < 4.78 is 5.95. The van der Waals surface area contributed by atoms with Crippen LogP contribution in [0, 0.1) is 6.92 Å². The van der Waals surface area contributed by atoms with E-state index in [1.807, 2.05) is 36.6 Å². The largest absolute Gasteiger partial charge is 0.459 e. The molecule has 150 valence electrons. The van der Waals surface area contributed by atoms with Crippen LogP contribution < -0.4 is 10.6 Å². The minimum Gasteiger partial charge on any atom is -0.459 e. The number of hydrogen-bond donors (Lipinski definition) is 2. The van der Waals surface area contributed by atoms with E-state index in [-0.39, 0.29) is 36.4 Å². The van der Waals surface area contributed by atoms with Gasteiger partial charge < -0.3 is 20.0 Å². The van der Waals surface area contributed by atoms with Crippen LogP contribution in [0.15, 0.2) is 51.2 Å². The fraction of sp³-hybridized carbons (Fsp3) is 0.300. The van der Waals surface area contributed by atoms with Gasteiger partial charge in [0.1, 0.15) is 17.9 Å². The lowest BCUT2D eigenvalue weighted by Crippen LogP contribution is -2.37. The van der Waals surface area contributed by atoms with Crippen LogP contribution in [0.4, 0.5) is 0 Å². The number of likely N-dealkylation sites (N-methyl/N-ethyl adjacent to an activating group) is 1. The lowest BCUT2D eigenvalue weighted by atomic mass is 10.1. The molecule has 0 aliphatic heterocycles. The molecule has 6 nitrogen and oxygen atoms in total. The highest BCUT2D eigenvalue weighted by Gasteiger charge is 2.11. The number of carbonyl (C=O) groups is 1. The standard InChI is InChI=1S/C20H24N4O2S.HI/c1-14-16-8-4-5-9-17(16)26-18(14)12-22-20(23-13-19(25)24(2)3)21-11-15-7-6-10-27-15;/h4-10H,11-13H2,1-3H3,(H2,21,22,23);1H. The molecule has 8 heteroatoms. The molecule has 2 aromatic heterocycles. The van der Waals surface area contributed by atoms with E-state index in [1.54, 1.807) is 25.4 Å². The van der Waals surface area contributed by atoms with Crippen molar-refractivity contribution in [3.8, 4) is 0 Å². The van der Waals surface area contributed by atoms with Crippen molar-refractivity contribution < 1.29 is 9.21 Å². The molecule has 0 unspecified atom stereocenters. The number of nitrogens with zero attached hydrogens (tertiary/aromatic N) is 2. The molecule has 2 N–H and O–H groups in total. The zero-order chi connectivity index (χ0) is 19.2. The molecular weight excluding hydrogens is 487 g/mol. The van der Waals surface area contributed by atoms with Gasteiger partial charge >= 0.3 is 0 Å². The molecule has 3 aromatic rings. The number of fused-ring (bicyclic) bond motifs is 1. The maximum Gasteiger partial charge on any atom is 0.243 e. The predicted molar refractivity (Wildman–Crippen MR) is 125 cm³/mol. The van der Waals surface area contributed by atoms with Gasteiger partial charge in [0.15, 0.2) is 5.96 Å². The number of rotatable bonds is 6. The lowest BCUT2D eigenvalue weighted by Gasteiger charge is -2.13. The number of halogens is 1. The molecule has 0 atom stereocenters. The van der Waals surface area contributed by atoms with Gasteiger partial charge in [-0.25, -0.2) is 4.99 Å². The normalized spacial score (nSPS) is 11.2. The molecule has 0 saturated carbocycles. The number of hydrogen-bond acceptors (Lipinski definition) is 4. The summed E-state index contributed by atoms with van der Waals surface area (Å²) in [6.45, 7) is 3.28. The van der Waals surface area contributed by atoms with Gasteiger partial charge in [-0.15, -0.1) is 35.3 Å². The summed E-state index contributed by atoms with van der Waals surface area (Å²) in [5.41, 5.74) is 1.99. The highest BCUT2D eigenvalue weighted by molar-refractivity contribution is 14.0. The van der Waals surface area contributed by atoms with E-state index in [0.717, 1.165) is 22.3 Å². The molecule has 3 rings (SSSR count). The number of carbonyl (C=O) groups excluding carboxylic acids is 1. The molecule has 0 spiro atoms. The minimum absolute atomic E-state index is 0. The van der Waals surface area contributed by atoms with Crippen molar-refractivity contribution in [2.75, 3.05) is 20.6 Å². The van der Waals surface area contributed by atoms with Crippen LogP contribution in [0.2, 0.25) is 0 Å². The van der Waals surface area contributed by atoms with Crippen molar-refractivity contribution in [2.45, 2.75) is 20.0 Å². The van der Waals surface area contributed by atoms with Crippen LogP contribution in [-0.4, -0.2) is 37.4 Å². The van der Waals surface area contributed by atoms with Crippen LogP contribution >= 0.6 is 35.3 Å². The second-order valence-corrected chi connectivity index (χ2v) is 7.42. The van der Waals surface area contributed by atoms with E-state index in [9.17, 15) is 4.79 Å². The lowest BCUT2D eigenvalue weighted by molar-refractivity contribution is -0.127. The van der Waals surface area contributed by atoms with Gasteiger partial charge in [-0.05, 0) is 24.4 Å². The number of aryl methyl sites for hydroxylation is 1. The SMILES string of the molecule is Cc1c(CNC(=NCC(=O)N(C)C)NCc2cccs2)oc2ccccc12.I. The van der Waals surface area contributed by atoms with Crippen molar-refractivity contribution >= 4 is 58.1 Å². The highest BCUT2D eigenvalue weighted by Crippen LogP contribution is 2.24. The molecule has 0 aliphatic carbocycles. The van der Waals surface area contributed by atoms with Crippen LogP contribution in [0.3, 0.4) is 0 Å². The van der Waals surface area contributed by atoms with Crippen LogP contribution in [0.1, 0.15) is 16.2 Å². The number of nitrogens with one attached hydrogen (secondary N) is 2. The van der Waals surface area contributed by atoms with E-state index >= 15 is 0 Å². The Morgan fingerprint density at radius 1 is 1.14 bits per heavy atom. The van der Waals surface area contributed by atoms with Crippen molar-refractivity contribution in [3.05, 3.63) is 58.0 Å². The number of benzene rings is 1. The van der Waals surface area contributed by atoms with E-state index in [4.69, 9.17) is 4.42 Å². The third-order valence-corrected chi connectivity index (χ3v) is 5.12. The second kappa shape index (κ2) is 10.5. The van der Waals surface area contributed by atoms with E-state index in [1.165, 1.54) is 9.78 Å². The number of furan rings is 1. The zero-order valence-corrected chi connectivity index (χ0v) is 19.3. The Kier molecular flexibility index (Phi) is 8.31. The smallest absolute Gasteiger partial charge is 0.243 e. The molecule has 2 heterocycles. The number of aliphatic imine (C=N–C) groups is 1. The molecule has 1 amide bonds. The molecule has 0 saturated heterocycles. The molecule has 0 bridgehead atoms. The molecular formula is C20H25IN4O2S.